The van der Waals surface area contributed by atoms with Gasteiger partial charge in [-0.05, 0) is 39.7 Å². The first kappa shape index (κ1) is 8.44. The molecular weight excluding hydrogens is 191 g/mol. The molecule has 5 heteroatoms. The third-order valence-electron chi connectivity index (χ3n) is 0.436. The van der Waals surface area contributed by atoms with Crippen LogP contribution < -0.4 is 0 Å². The maximum absolute atomic E-state index is 5.47. The smallest absolute Gasteiger partial charge is 0.0133 e. The molecule has 0 rings (SSSR count). The third-order valence-corrected chi connectivity index (χ3v) is 3.92. The molecule has 0 fully saturated rings. The van der Waals surface area contributed by atoms with E-state index in [9.17, 15) is 0 Å². The van der Waals surface area contributed by atoms with Gasteiger partial charge in [0.05, 0.1) is 0 Å². The van der Waals surface area contributed by atoms with Gasteiger partial charge in [-0.15, -0.1) is 0 Å². The summed E-state index contributed by atoms with van der Waals surface area (Å²) in [6.45, 7) is 0. The van der Waals surface area contributed by atoms with Crippen molar-refractivity contribution in [2.75, 3.05) is 5.75 Å². The van der Waals surface area contributed by atoms with Crippen LogP contribution in [0.5, 0.6) is 0 Å². The summed E-state index contributed by atoms with van der Waals surface area (Å²) in [6, 6.07) is 1.09. The zero-order valence-electron chi connectivity index (χ0n) is 3.96. The second-order valence-corrected chi connectivity index (χ2v) is 9.78. The summed E-state index contributed by atoms with van der Waals surface area (Å²) in [5.74, 6) is 0.782. The third kappa shape index (κ3) is 7.44. The van der Waals surface area contributed by atoms with E-state index in [0.717, 1.165) is 22.0 Å². The first-order chi connectivity index (χ1) is 3.06. The first-order valence-corrected chi connectivity index (χ1v) is 7.65. The van der Waals surface area contributed by atoms with Crippen LogP contribution in [0.2, 0.25) is 6.04 Å². The summed E-state index contributed by atoms with van der Waals surface area (Å²) in [6.07, 6.45) is 0. The van der Waals surface area contributed by atoms with E-state index in [4.69, 9.17) is 32.0 Å². The van der Waals surface area contributed by atoms with Crippen molar-refractivity contribution in [3.05, 3.63) is 0 Å². The Balaban J connectivity index is 3.15. The maximum Gasteiger partial charge on any atom is 0.0133 e. The van der Waals surface area contributed by atoms with Crippen molar-refractivity contribution in [2.45, 2.75) is 6.04 Å². The number of hydrogen-bond donors (Lipinski definition) is 0. The summed E-state index contributed by atoms with van der Waals surface area (Å²) in [5.41, 5.74) is 0. The van der Waals surface area contributed by atoms with Gasteiger partial charge in [0.15, 0.2) is 0 Å². The Hall–Kier alpha value is 1.44. The Labute approximate surface area is 61.8 Å². The second-order valence-electron chi connectivity index (χ2n) is 1.21. The lowest BCUT2D eigenvalue weighted by atomic mass is 11.0. The van der Waals surface area contributed by atoms with Gasteiger partial charge in [0.2, 0.25) is 0 Å². The fraction of sp³-hybridized carbons (Fsp3) is 1.00. The van der Waals surface area contributed by atoms with Crippen LogP contribution in [0.3, 0.4) is 0 Å². The summed E-state index contributed by atoms with van der Waals surface area (Å²) < 4.78 is 0. The standard InChI is InChI=1S/C2H7Cl3SSi/c3-6(4,5)1-2-7/h1-2H2,7H3. The van der Waals surface area contributed by atoms with Crippen LogP contribution in [0.4, 0.5) is 0 Å². The molecule has 0 nitrogen and oxygen atoms in total. The molecule has 0 aromatic rings. The van der Waals surface area contributed by atoms with E-state index in [2.05, 4.69) is 0 Å². The van der Waals surface area contributed by atoms with E-state index in [1.54, 1.807) is 0 Å². The molecular formula is C2H7Cl3SSi. The average molecular weight is 198 g/mol. The Morgan fingerprint density at radius 2 is 1.71 bits per heavy atom. The lowest BCUT2D eigenvalue weighted by Gasteiger charge is -2.11. The fourth-order valence-corrected chi connectivity index (χ4v) is 6.25. The van der Waals surface area contributed by atoms with Gasteiger partial charge in [0.1, 0.15) is 0 Å². The van der Waals surface area contributed by atoms with Crippen molar-refractivity contribution in [2.24, 2.45) is 0 Å². The van der Waals surface area contributed by atoms with Gasteiger partial charge < -0.3 is 0 Å². The van der Waals surface area contributed by atoms with E-state index in [0.29, 0.717) is 0 Å². The van der Waals surface area contributed by atoms with E-state index >= 15 is 0 Å². The number of hydrogen-bond acceptors (Lipinski definition) is 0. The summed E-state index contributed by atoms with van der Waals surface area (Å²) in [7, 11) is 15.8. The molecule has 0 aliphatic carbocycles. The molecule has 0 aliphatic rings. The Kier molecular flexibility index (Phi) is 4.17. The molecule has 0 aromatic carbocycles. The van der Waals surface area contributed by atoms with Crippen molar-refractivity contribution >= 4 is 50.0 Å². The molecule has 0 aliphatic heterocycles. The Morgan fingerprint density at radius 3 is 1.71 bits per heavy atom. The minimum atomic E-state index is -1.72. The highest BCUT2D eigenvalue weighted by atomic mass is 36.2. The molecule has 0 saturated heterocycles. The van der Waals surface area contributed by atoms with Gasteiger partial charge in [0.25, 0.3) is 0 Å². The molecule has 0 bridgehead atoms. The number of rotatable bonds is 2. The molecule has 0 unspecified atom stereocenters. The molecule has 0 N–H and O–H groups in total. The second kappa shape index (κ2) is 3.46. The largest absolute Gasteiger partial charge is 0.0551 e. The molecule has 46 valence electrons. The Bertz CT molecular complexity index is 51.4. The van der Waals surface area contributed by atoms with Crippen LogP contribution in [0.1, 0.15) is 0 Å². The zero-order chi connectivity index (χ0) is 5.91. The highest BCUT2D eigenvalue weighted by Crippen LogP contribution is 2.63. The van der Waals surface area contributed by atoms with Gasteiger partial charge in [0, 0.05) is 16.0 Å². The topological polar surface area (TPSA) is 0 Å². The predicted octanol–water partition coefficient (Wildman–Crippen LogP) is 2.04. The van der Waals surface area contributed by atoms with Crippen molar-refractivity contribution < 1.29 is 0 Å². The lowest BCUT2D eigenvalue weighted by molar-refractivity contribution is 1.51. The molecule has 0 radical (unpaired) electrons. The van der Waals surface area contributed by atoms with Crippen molar-refractivity contribution in [3.63, 3.8) is 0 Å². The van der Waals surface area contributed by atoms with Crippen LogP contribution >= 0.6 is 39.7 Å². The predicted molar refractivity (Wildman–Crippen MR) is 44.8 cm³/mol. The maximum atomic E-state index is 5.47. The first-order valence-electron chi connectivity index (χ1n) is 1.96. The van der Waals surface area contributed by atoms with Gasteiger partial charge in [-0.25, -0.2) is 0 Å². The quantitative estimate of drug-likeness (QED) is 0.595. The summed E-state index contributed by atoms with van der Waals surface area (Å²) in [4.78, 5) is 0. The van der Waals surface area contributed by atoms with E-state index in [-0.39, 0.29) is 0 Å². The van der Waals surface area contributed by atoms with Crippen LogP contribution in [-0.4, -0.2) is 16.0 Å². The van der Waals surface area contributed by atoms with Gasteiger partial charge in [-0.3, -0.25) is 0 Å². The van der Waals surface area contributed by atoms with E-state index in [1.165, 1.54) is 0 Å². The molecule has 0 amide bonds. The fourth-order valence-electron chi connectivity index (χ4n) is 0.231. The number of halogens is 3. The monoisotopic (exact) mass is 196 g/mol. The van der Waals surface area contributed by atoms with Gasteiger partial charge in [-0.1, -0.05) is 6.04 Å². The minimum Gasteiger partial charge on any atom is -0.0551 e. The van der Waals surface area contributed by atoms with E-state index < -0.39 is 7.67 Å². The average Bonchev–Trinajstić information content (AvgIpc) is 1.30. The van der Waals surface area contributed by atoms with Gasteiger partial charge >= 0.3 is 0 Å². The highest BCUT2D eigenvalue weighted by Gasteiger charge is 2.09. The summed E-state index contributed by atoms with van der Waals surface area (Å²) >= 11 is 0. The van der Waals surface area contributed by atoms with Crippen molar-refractivity contribution in [1.82, 2.24) is 0 Å². The lowest BCUT2D eigenvalue weighted by Crippen LogP contribution is -1.79. The van der Waals surface area contributed by atoms with Crippen LogP contribution in [-0.2, 0) is 0 Å². The molecule has 0 aromatic heterocycles. The highest BCUT2D eigenvalue weighted by molar-refractivity contribution is 8.79. The van der Waals surface area contributed by atoms with E-state index in [1.807, 2.05) is 0 Å². The molecule has 0 atom stereocenters. The summed E-state index contributed by atoms with van der Waals surface area (Å²) in [5, 5.41) is 0. The van der Waals surface area contributed by atoms with Crippen LogP contribution in [0.15, 0.2) is 0 Å². The normalized spacial score (nSPS) is 14.7. The minimum absolute atomic E-state index is 0.782. The molecule has 0 heterocycles. The van der Waals surface area contributed by atoms with Crippen molar-refractivity contribution in [3.8, 4) is 0 Å². The molecule has 0 spiro atoms. The van der Waals surface area contributed by atoms with Crippen LogP contribution in [0, 0.1) is 0 Å². The Morgan fingerprint density at radius 1 is 1.29 bits per heavy atom. The van der Waals surface area contributed by atoms with Crippen molar-refractivity contribution in [1.29, 1.82) is 0 Å². The van der Waals surface area contributed by atoms with Gasteiger partial charge in [-0.2, -0.15) is 0 Å². The zero-order valence-corrected chi connectivity index (χ0v) is 9.04. The van der Waals surface area contributed by atoms with Crippen LogP contribution in [0.25, 0.3) is 0 Å². The molecule has 7 heavy (non-hydrogen) atoms. The SMILES string of the molecule is [SiH3]CCS(Cl)(Cl)Cl. The molecule has 0 saturated carbocycles.